The third kappa shape index (κ3) is 5.21. The first-order valence-corrected chi connectivity index (χ1v) is 7.39. The smallest absolute Gasteiger partial charge is 0.319 e. The average molecular weight is 302 g/mol. The Hall–Kier alpha value is -2.34. The SMILES string of the molecule is CC(CCO)CNC(=O)Nc1cccc(Cn2cccn2)c1. The molecule has 0 saturated carbocycles. The molecule has 1 atom stereocenters. The fourth-order valence-corrected chi connectivity index (χ4v) is 2.09. The van der Waals surface area contributed by atoms with Crippen LogP contribution < -0.4 is 10.6 Å². The summed E-state index contributed by atoms with van der Waals surface area (Å²) in [7, 11) is 0. The number of rotatable bonds is 7. The highest BCUT2D eigenvalue weighted by molar-refractivity contribution is 5.89. The van der Waals surface area contributed by atoms with Gasteiger partial charge in [0, 0.05) is 31.2 Å². The van der Waals surface area contributed by atoms with Gasteiger partial charge in [0.15, 0.2) is 0 Å². The summed E-state index contributed by atoms with van der Waals surface area (Å²) in [6.07, 6.45) is 4.32. The average Bonchev–Trinajstić information content (AvgIpc) is 2.99. The van der Waals surface area contributed by atoms with Gasteiger partial charge in [-0.15, -0.1) is 0 Å². The van der Waals surface area contributed by atoms with E-state index in [1.807, 2.05) is 48.1 Å². The predicted molar refractivity (Wildman–Crippen MR) is 85.7 cm³/mol. The molecule has 0 aliphatic heterocycles. The molecule has 2 rings (SSSR count). The molecule has 1 heterocycles. The van der Waals surface area contributed by atoms with Gasteiger partial charge in [-0.25, -0.2) is 4.79 Å². The van der Waals surface area contributed by atoms with Gasteiger partial charge in [0.25, 0.3) is 0 Å². The van der Waals surface area contributed by atoms with E-state index in [-0.39, 0.29) is 18.6 Å². The number of aliphatic hydroxyl groups excluding tert-OH is 1. The minimum atomic E-state index is -0.235. The van der Waals surface area contributed by atoms with Crippen molar-refractivity contribution in [1.29, 1.82) is 0 Å². The molecule has 0 aliphatic rings. The second kappa shape index (κ2) is 8.19. The largest absolute Gasteiger partial charge is 0.396 e. The van der Waals surface area contributed by atoms with E-state index in [1.54, 1.807) is 6.20 Å². The number of carbonyl (C=O) groups is 1. The third-order valence-electron chi connectivity index (χ3n) is 3.32. The Bertz CT molecular complexity index is 584. The van der Waals surface area contributed by atoms with Gasteiger partial charge in [0.05, 0.1) is 6.54 Å². The molecule has 118 valence electrons. The number of hydrogen-bond donors (Lipinski definition) is 3. The highest BCUT2D eigenvalue weighted by Crippen LogP contribution is 2.11. The number of hydrogen-bond acceptors (Lipinski definition) is 3. The van der Waals surface area contributed by atoms with Gasteiger partial charge in [-0.05, 0) is 36.1 Å². The van der Waals surface area contributed by atoms with Crippen LogP contribution in [0.4, 0.5) is 10.5 Å². The standard InChI is InChI=1S/C16H22N4O2/c1-13(6-9-21)11-17-16(22)19-15-5-2-4-14(10-15)12-20-8-3-7-18-20/h2-5,7-8,10,13,21H,6,9,11-12H2,1H3,(H2,17,19,22). The van der Waals surface area contributed by atoms with Crippen LogP contribution in [0.3, 0.4) is 0 Å². The van der Waals surface area contributed by atoms with Crippen LogP contribution in [0.2, 0.25) is 0 Å². The Morgan fingerprint density at radius 2 is 2.27 bits per heavy atom. The number of nitrogens with one attached hydrogen (secondary N) is 2. The maximum atomic E-state index is 11.8. The summed E-state index contributed by atoms with van der Waals surface area (Å²) in [6.45, 7) is 3.33. The molecule has 1 aromatic heterocycles. The fourth-order valence-electron chi connectivity index (χ4n) is 2.09. The summed E-state index contributed by atoms with van der Waals surface area (Å²) in [6, 6.07) is 9.32. The zero-order chi connectivity index (χ0) is 15.8. The molecule has 1 aromatic carbocycles. The lowest BCUT2D eigenvalue weighted by Gasteiger charge is -2.12. The summed E-state index contributed by atoms with van der Waals surface area (Å²) in [4.78, 5) is 11.8. The van der Waals surface area contributed by atoms with Gasteiger partial charge >= 0.3 is 6.03 Å². The molecule has 3 N–H and O–H groups in total. The molecule has 22 heavy (non-hydrogen) atoms. The van der Waals surface area contributed by atoms with Crippen LogP contribution in [0.5, 0.6) is 0 Å². The molecular formula is C16H22N4O2. The van der Waals surface area contributed by atoms with Gasteiger partial charge < -0.3 is 15.7 Å². The zero-order valence-electron chi connectivity index (χ0n) is 12.7. The molecular weight excluding hydrogens is 280 g/mol. The van der Waals surface area contributed by atoms with E-state index in [0.717, 1.165) is 11.3 Å². The van der Waals surface area contributed by atoms with Crippen molar-refractivity contribution in [2.75, 3.05) is 18.5 Å². The van der Waals surface area contributed by atoms with E-state index in [0.29, 0.717) is 19.5 Å². The van der Waals surface area contributed by atoms with Crippen LogP contribution >= 0.6 is 0 Å². The summed E-state index contributed by atoms with van der Waals surface area (Å²) in [5.41, 5.74) is 1.81. The summed E-state index contributed by atoms with van der Waals surface area (Å²) in [5.74, 6) is 0.252. The van der Waals surface area contributed by atoms with E-state index >= 15 is 0 Å². The predicted octanol–water partition coefficient (Wildman–Crippen LogP) is 2.07. The quantitative estimate of drug-likeness (QED) is 0.732. The van der Waals surface area contributed by atoms with Gasteiger partial charge in [-0.1, -0.05) is 19.1 Å². The molecule has 2 amide bonds. The van der Waals surface area contributed by atoms with Crippen molar-refractivity contribution in [3.63, 3.8) is 0 Å². The van der Waals surface area contributed by atoms with Gasteiger partial charge in [0.2, 0.25) is 0 Å². The number of carbonyl (C=O) groups excluding carboxylic acids is 1. The van der Waals surface area contributed by atoms with Gasteiger partial charge in [0.1, 0.15) is 0 Å². The van der Waals surface area contributed by atoms with E-state index < -0.39 is 0 Å². The van der Waals surface area contributed by atoms with Crippen LogP contribution in [0, 0.1) is 5.92 Å². The summed E-state index contributed by atoms with van der Waals surface area (Å²) < 4.78 is 1.83. The minimum absolute atomic E-state index is 0.139. The van der Waals surface area contributed by atoms with Crippen LogP contribution in [0.15, 0.2) is 42.7 Å². The highest BCUT2D eigenvalue weighted by atomic mass is 16.3. The maximum absolute atomic E-state index is 11.8. The first-order chi connectivity index (χ1) is 10.7. The number of aromatic nitrogens is 2. The van der Waals surface area contributed by atoms with Crippen molar-refractivity contribution in [1.82, 2.24) is 15.1 Å². The lowest BCUT2D eigenvalue weighted by Crippen LogP contribution is -2.32. The Kier molecular flexibility index (Phi) is 5.97. The molecule has 0 aliphatic carbocycles. The maximum Gasteiger partial charge on any atom is 0.319 e. The molecule has 2 aromatic rings. The van der Waals surface area contributed by atoms with Gasteiger partial charge in [-0.2, -0.15) is 5.10 Å². The fraction of sp³-hybridized carbons (Fsp3) is 0.375. The lowest BCUT2D eigenvalue weighted by molar-refractivity contribution is 0.243. The van der Waals surface area contributed by atoms with Crippen LogP contribution in [0.25, 0.3) is 0 Å². The number of benzene rings is 1. The Balaban J connectivity index is 1.85. The number of urea groups is 1. The monoisotopic (exact) mass is 302 g/mol. The van der Waals surface area contributed by atoms with E-state index in [2.05, 4.69) is 15.7 Å². The molecule has 0 radical (unpaired) electrons. The van der Waals surface area contributed by atoms with E-state index in [9.17, 15) is 4.79 Å². The number of aliphatic hydroxyl groups is 1. The van der Waals surface area contributed by atoms with Crippen molar-refractivity contribution in [2.45, 2.75) is 19.9 Å². The van der Waals surface area contributed by atoms with Crippen molar-refractivity contribution in [3.05, 3.63) is 48.3 Å². The Labute approximate surface area is 130 Å². The lowest BCUT2D eigenvalue weighted by atomic mass is 10.1. The molecule has 0 fully saturated rings. The van der Waals surface area contributed by atoms with Crippen LogP contribution in [-0.2, 0) is 6.54 Å². The number of nitrogens with zero attached hydrogens (tertiary/aromatic N) is 2. The highest BCUT2D eigenvalue weighted by Gasteiger charge is 2.06. The van der Waals surface area contributed by atoms with Crippen molar-refractivity contribution in [3.8, 4) is 0 Å². The summed E-state index contributed by atoms with van der Waals surface area (Å²) >= 11 is 0. The normalized spacial score (nSPS) is 11.9. The first kappa shape index (κ1) is 16.0. The molecule has 1 unspecified atom stereocenters. The Morgan fingerprint density at radius 1 is 1.41 bits per heavy atom. The van der Waals surface area contributed by atoms with Crippen molar-refractivity contribution >= 4 is 11.7 Å². The van der Waals surface area contributed by atoms with E-state index in [4.69, 9.17) is 5.11 Å². The summed E-state index contributed by atoms with van der Waals surface area (Å²) in [5, 5.41) is 18.6. The van der Waals surface area contributed by atoms with Crippen LogP contribution in [-0.4, -0.2) is 34.1 Å². The topological polar surface area (TPSA) is 79.2 Å². The van der Waals surface area contributed by atoms with E-state index in [1.165, 1.54) is 0 Å². The molecule has 0 bridgehead atoms. The Morgan fingerprint density at radius 3 is 3.00 bits per heavy atom. The zero-order valence-corrected chi connectivity index (χ0v) is 12.7. The second-order valence-corrected chi connectivity index (χ2v) is 5.36. The van der Waals surface area contributed by atoms with Gasteiger partial charge in [-0.3, -0.25) is 4.68 Å². The molecule has 0 spiro atoms. The number of amides is 2. The molecule has 6 heteroatoms. The third-order valence-corrected chi connectivity index (χ3v) is 3.32. The van der Waals surface area contributed by atoms with Crippen molar-refractivity contribution in [2.24, 2.45) is 5.92 Å². The second-order valence-electron chi connectivity index (χ2n) is 5.36. The van der Waals surface area contributed by atoms with Crippen LogP contribution in [0.1, 0.15) is 18.9 Å². The number of anilines is 1. The molecule has 0 saturated heterocycles. The molecule has 6 nitrogen and oxygen atoms in total. The minimum Gasteiger partial charge on any atom is -0.396 e. The van der Waals surface area contributed by atoms with Crippen molar-refractivity contribution < 1.29 is 9.90 Å². The first-order valence-electron chi connectivity index (χ1n) is 7.39.